The van der Waals surface area contributed by atoms with Crippen molar-refractivity contribution >= 4 is 22.4 Å². The molecule has 26 heavy (non-hydrogen) atoms. The number of carbonyl (C=O) groups is 1. The lowest BCUT2D eigenvalue weighted by molar-refractivity contribution is -0.885. The summed E-state index contributed by atoms with van der Waals surface area (Å²) in [6, 6.07) is 19.9. The lowest BCUT2D eigenvalue weighted by atomic mass is 10.1. The van der Waals surface area contributed by atoms with Crippen LogP contribution in [0.25, 0.3) is 10.8 Å². The zero-order chi connectivity index (χ0) is 17.9. The Bertz CT molecular complexity index is 950. The molecule has 132 valence electrons. The third-order valence-corrected chi connectivity index (χ3v) is 4.47. The normalized spacial score (nSPS) is 13.6. The highest BCUT2D eigenvalue weighted by Crippen LogP contribution is 2.32. The Morgan fingerprint density at radius 1 is 1.04 bits per heavy atom. The van der Waals surface area contributed by atoms with E-state index in [1.165, 1.54) is 0 Å². The second-order valence-corrected chi connectivity index (χ2v) is 6.57. The molecule has 1 atom stereocenters. The molecule has 4 rings (SSSR count). The molecule has 0 saturated heterocycles. The first-order valence-corrected chi connectivity index (χ1v) is 8.66. The number of nitrogens with one attached hydrogen (secondary N) is 2. The van der Waals surface area contributed by atoms with Gasteiger partial charge in [0, 0.05) is 16.6 Å². The smallest absolute Gasteiger partial charge is 0.279 e. The average molecular weight is 349 g/mol. The molecule has 0 radical (unpaired) electrons. The van der Waals surface area contributed by atoms with E-state index in [-0.39, 0.29) is 12.7 Å². The van der Waals surface area contributed by atoms with Crippen molar-refractivity contribution in [1.82, 2.24) is 0 Å². The SMILES string of the molecule is C[NH+](CC(=O)Nc1cccc2ccccc12)Cc1ccc2c(c1)OCO2. The lowest BCUT2D eigenvalue weighted by Gasteiger charge is -2.15. The van der Waals surface area contributed by atoms with Gasteiger partial charge in [0.15, 0.2) is 18.0 Å². The number of hydrogen-bond donors (Lipinski definition) is 2. The van der Waals surface area contributed by atoms with Gasteiger partial charge in [0.05, 0.1) is 7.05 Å². The summed E-state index contributed by atoms with van der Waals surface area (Å²) in [5.74, 6) is 1.55. The number of anilines is 1. The standard InChI is InChI=1S/C21H20N2O3/c1-23(12-15-9-10-19-20(11-15)26-14-25-19)13-21(24)22-18-8-4-6-16-5-2-3-7-17(16)18/h2-11H,12-14H2,1H3,(H,22,24)/p+1. The number of benzene rings is 3. The van der Waals surface area contributed by atoms with E-state index in [4.69, 9.17) is 9.47 Å². The van der Waals surface area contributed by atoms with Crippen LogP contribution in [0.2, 0.25) is 0 Å². The quantitative estimate of drug-likeness (QED) is 0.743. The van der Waals surface area contributed by atoms with Crippen molar-refractivity contribution in [2.24, 2.45) is 0 Å². The molecule has 0 spiro atoms. The lowest BCUT2D eigenvalue weighted by Crippen LogP contribution is -3.08. The van der Waals surface area contributed by atoms with E-state index in [9.17, 15) is 4.79 Å². The van der Waals surface area contributed by atoms with Gasteiger partial charge in [-0.05, 0) is 29.7 Å². The average Bonchev–Trinajstić information content (AvgIpc) is 3.09. The van der Waals surface area contributed by atoms with E-state index in [1.807, 2.05) is 67.7 Å². The highest BCUT2D eigenvalue weighted by molar-refractivity contribution is 6.02. The van der Waals surface area contributed by atoms with Gasteiger partial charge in [-0.15, -0.1) is 0 Å². The summed E-state index contributed by atoms with van der Waals surface area (Å²) in [5, 5.41) is 5.21. The largest absolute Gasteiger partial charge is 0.454 e. The number of fused-ring (bicyclic) bond motifs is 2. The van der Waals surface area contributed by atoms with Gasteiger partial charge in [-0.25, -0.2) is 0 Å². The Morgan fingerprint density at radius 2 is 1.85 bits per heavy atom. The van der Waals surface area contributed by atoms with Gasteiger partial charge < -0.3 is 19.7 Å². The molecule has 2 N–H and O–H groups in total. The molecule has 1 amide bonds. The van der Waals surface area contributed by atoms with Crippen molar-refractivity contribution in [2.75, 3.05) is 25.7 Å². The zero-order valence-electron chi connectivity index (χ0n) is 14.6. The van der Waals surface area contributed by atoms with Crippen LogP contribution in [0.1, 0.15) is 5.56 Å². The van der Waals surface area contributed by atoms with Gasteiger partial charge in [-0.2, -0.15) is 0 Å². The maximum absolute atomic E-state index is 12.5. The number of ether oxygens (including phenoxy) is 2. The fourth-order valence-electron chi connectivity index (χ4n) is 3.26. The molecular formula is C21H21N2O3+. The third-order valence-electron chi connectivity index (χ3n) is 4.47. The number of carbonyl (C=O) groups excluding carboxylic acids is 1. The van der Waals surface area contributed by atoms with Crippen LogP contribution in [0.4, 0.5) is 5.69 Å². The van der Waals surface area contributed by atoms with Crippen molar-refractivity contribution in [3.8, 4) is 11.5 Å². The molecule has 1 heterocycles. The van der Waals surface area contributed by atoms with E-state index < -0.39 is 0 Å². The van der Waals surface area contributed by atoms with E-state index in [0.29, 0.717) is 6.54 Å². The minimum Gasteiger partial charge on any atom is -0.454 e. The first-order chi connectivity index (χ1) is 12.7. The second kappa shape index (κ2) is 7.06. The minimum absolute atomic E-state index is 0.000374. The van der Waals surface area contributed by atoms with Crippen LogP contribution in [-0.2, 0) is 11.3 Å². The summed E-state index contributed by atoms with van der Waals surface area (Å²) < 4.78 is 10.7. The van der Waals surface area contributed by atoms with Gasteiger partial charge in [0.2, 0.25) is 6.79 Å². The van der Waals surface area contributed by atoms with Crippen LogP contribution >= 0.6 is 0 Å². The van der Waals surface area contributed by atoms with Gasteiger partial charge in [-0.3, -0.25) is 4.79 Å². The van der Waals surface area contributed by atoms with E-state index >= 15 is 0 Å². The van der Waals surface area contributed by atoms with E-state index in [0.717, 1.165) is 45.0 Å². The molecular weight excluding hydrogens is 328 g/mol. The summed E-state index contributed by atoms with van der Waals surface area (Å²) in [6.45, 7) is 1.40. The van der Waals surface area contributed by atoms with E-state index in [2.05, 4.69) is 5.32 Å². The number of quaternary nitrogens is 1. The minimum atomic E-state index is -0.000374. The predicted molar refractivity (Wildman–Crippen MR) is 101 cm³/mol. The van der Waals surface area contributed by atoms with Crippen LogP contribution in [0.3, 0.4) is 0 Å². The summed E-state index contributed by atoms with van der Waals surface area (Å²) in [5.41, 5.74) is 1.97. The molecule has 5 heteroatoms. The van der Waals surface area contributed by atoms with Crippen molar-refractivity contribution in [3.63, 3.8) is 0 Å². The van der Waals surface area contributed by atoms with Crippen LogP contribution in [0.15, 0.2) is 60.7 Å². The second-order valence-electron chi connectivity index (χ2n) is 6.57. The van der Waals surface area contributed by atoms with Gasteiger partial charge >= 0.3 is 0 Å². The summed E-state index contributed by atoms with van der Waals surface area (Å²) in [4.78, 5) is 13.6. The van der Waals surface area contributed by atoms with Crippen LogP contribution < -0.4 is 19.7 Å². The summed E-state index contributed by atoms with van der Waals surface area (Å²) >= 11 is 0. The first kappa shape index (κ1) is 16.4. The Hall–Kier alpha value is -3.05. The van der Waals surface area contributed by atoms with Crippen LogP contribution in [0, 0.1) is 0 Å². The molecule has 0 aromatic heterocycles. The van der Waals surface area contributed by atoms with Gasteiger partial charge in [-0.1, -0.05) is 36.4 Å². The number of hydrogen-bond acceptors (Lipinski definition) is 3. The molecule has 0 bridgehead atoms. The van der Waals surface area contributed by atoms with Crippen molar-refractivity contribution in [2.45, 2.75) is 6.54 Å². The van der Waals surface area contributed by atoms with Gasteiger partial charge in [0.1, 0.15) is 6.54 Å². The van der Waals surface area contributed by atoms with Crippen molar-refractivity contribution in [3.05, 3.63) is 66.2 Å². The van der Waals surface area contributed by atoms with Gasteiger partial charge in [0.25, 0.3) is 5.91 Å². The molecule has 1 aliphatic rings. The summed E-state index contributed by atoms with van der Waals surface area (Å²) in [7, 11) is 2.01. The molecule has 0 aliphatic carbocycles. The molecule has 0 fully saturated rings. The molecule has 1 aliphatic heterocycles. The fraction of sp³-hybridized carbons (Fsp3) is 0.190. The molecule has 0 saturated carbocycles. The monoisotopic (exact) mass is 349 g/mol. The number of likely N-dealkylation sites (N-methyl/N-ethyl adjacent to an activating group) is 1. The van der Waals surface area contributed by atoms with Crippen molar-refractivity contribution < 1.29 is 19.2 Å². The molecule has 5 nitrogen and oxygen atoms in total. The Kier molecular flexibility index (Phi) is 4.46. The van der Waals surface area contributed by atoms with Crippen LogP contribution in [0.5, 0.6) is 11.5 Å². The topological polar surface area (TPSA) is 52.0 Å². The third kappa shape index (κ3) is 3.48. The first-order valence-electron chi connectivity index (χ1n) is 8.66. The Morgan fingerprint density at radius 3 is 2.77 bits per heavy atom. The highest BCUT2D eigenvalue weighted by Gasteiger charge is 2.16. The number of rotatable bonds is 5. The highest BCUT2D eigenvalue weighted by atomic mass is 16.7. The maximum Gasteiger partial charge on any atom is 0.279 e. The molecule has 1 unspecified atom stereocenters. The summed E-state index contributed by atoms with van der Waals surface area (Å²) in [6.07, 6.45) is 0. The maximum atomic E-state index is 12.5. The van der Waals surface area contributed by atoms with E-state index in [1.54, 1.807) is 0 Å². The fourth-order valence-corrected chi connectivity index (χ4v) is 3.26. The van der Waals surface area contributed by atoms with Crippen LogP contribution in [-0.4, -0.2) is 26.3 Å². The zero-order valence-corrected chi connectivity index (χ0v) is 14.6. The molecule has 3 aromatic carbocycles. The Balaban J connectivity index is 1.39. The molecule has 3 aromatic rings. The Labute approximate surface area is 152 Å². The number of amides is 1. The predicted octanol–water partition coefficient (Wildman–Crippen LogP) is 2.22. The van der Waals surface area contributed by atoms with Crippen molar-refractivity contribution in [1.29, 1.82) is 0 Å².